The highest BCUT2D eigenvalue weighted by Gasteiger charge is 2.13. The number of nitrogens with one attached hydrogen (secondary N) is 1. The summed E-state index contributed by atoms with van der Waals surface area (Å²) in [4.78, 5) is 12.1. The minimum Gasteiger partial charge on any atom is -0.497 e. The van der Waals surface area contributed by atoms with Crippen molar-refractivity contribution in [1.29, 1.82) is 0 Å². The van der Waals surface area contributed by atoms with Gasteiger partial charge >= 0.3 is 0 Å². The van der Waals surface area contributed by atoms with Gasteiger partial charge in [-0.25, -0.2) is 4.39 Å². The number of hydrogen-bond donors (Lipinski definition) is 1. The number of ether oxygens (including phenoxy) is 1. The molecule has 6 heteroatoms. The third-order valence-electron chi connectivity index (χ3n) is 3.48. The zero-order valence-electron chi connectivity index (χ0n) is 13.0. The quantitative estimate of drug-likeness (QED) is 0.780. The van der Waals surface area contributed by atoms with Crippen LogP contribution in [0.5, 0.6) is 5.75 Å². The maximum Gasteiger partial charge on any atom is 0.273 e. The zero-order valence-corrected chi connectivity index (χ0v) is 13.0. The number of halogens is 1. The normalized spacial score (nSPS) is 10.4. The van der Waals surface area contributed by atoms with Gasteiger partial charge in [0.1, 0.15) is 11.6 Å². The first-order valence-corrected chi connectivity index (χ1v) is 7.29. The Morgan fingerprint density at radius 1 is 1.17 bits per heavy atom. The summed E-state index contributed by atoms with van der Waals surface area (Å²) in [6.07, 6.45) is 0. The molecule has 3 rings (SSSR count). The van der Waals surface area contributed by atoms with Crippen molar-refractivity contribution in [3.63, 3.8) is 0 Å². The smallest absolute Gasteiger partial charge is 0.273 e. The lowest BCUT2D eigenvalue weighted by Crippen LogP contribution is -2.22. The van der Waals surface area contributed by atoms with E-state index < -0.39 is 0 Å². The molecule has 122 valence electrons. The van der Waals surface area contributed by atoms with Gasteiger partial charge in [-0.15, -0.1) is 0 Å². The Bertz CT molecular complexity index is 826. The second kappa shape index (κ2) is 6.95. The standard InChI is InChI=1S/C18H15FN2O3/c1-23-15-8-2-12(3-9-15)11-20-18(22)16-10-17(24-21-16)13-4-6-14(19)7-5-13/h2-10H,11H2,1H3,(H,20,22). The Labute approximate surface area is 138 Å². The summed E-state index contributed by atoms with van der Waals surface area (Å²) in [6, 6.07) is 14.7. The van der Waals surface area contributed by atoms with Crippen molar-refractivity contribution in [3.8, 4) is 17.1 Å². The summed E-state index contributed by atoms with van der Waals surface area (Å²) in [5, 5.41) is 6.52. The Hall–Kier alpha value is -3.15. The van der Waals surface area contributed by atoms with E-state index in [2.05, 4.69) is 10.5 Å². The third-order valence-corrected chi connectivity index (χ3v) is 3.48. The zero-order chi connectivity index (χ0) is 16.9. The van der Waals surface area contributed by atoms with Gasteiger partial charge in [-0.1, -0.05) is 17.3 Å². The van der Waals surface area contributed by atoms with Crippen molar-refractivity contribution in [1.82, 2.24) is 10.5 Å². The number of amides is 1. The summed E-state index contributed by atoms with van der Waals surface area (Å²) in [6.45, 7) is 0.363. The molecule has 0 spiro atoms. The average molecular weight is 326 g/mol. The van der Waals surface area contributed by atoms with Crippen LogP contribution in [0.1, 0.15) is 16.1 Å². The molecule has 0 aliphatic heterocycles. The Morgan fingerprint density at radius 2 is 1.88 bits per heavy atom. The molecule has 2 aromatic carbocycles. The van der Waals surface area contributed by atoms with E-state index in [4.69, 9.17) is 9.26 Å². The largest absolute Gasteiger partial charge is 0.497 e. The van der Waals surface area contributed by atoms with E-state index in [0.717, 1.165) is 11.3 Å². The predicted octanol–water partition coefficient (Wildman–Crippen LogP) is 3.42. The lowest BCUT2D eigenvalue weighted by molar-refractivity contribution is 0.0942. The van der Waals surface area contributed by atoms with Gasteiger partial charge in [0, 0.05) is 18.2 Å². The van der Waals surface area contributed by atoms with Gasteiger partial charge in [0.25, 0.3) is 5.91 Å². The van der Waals surface area contributed by atoms with Crippen molar-refractivity contribution in [2.24, 2.45) is 0 Å². The molecule has 24 heavy (non-hydrogen) atoms. The molecule has 1 N–H and O–H groups in total. The van der Waals surface area contributed by atoms with Gasteiger partial charge in [0.05, 0.1) is 7.11 Å². The van der Waals surface area contributed by atoms with E-state index in [-0.39, 0.29) is 17.4 Å². The number of carbonyl (C=O) groups is 1. The average Bonchev–Trinajstić information content (AvgIpc) is 3.11. The molecule has 0 saturated carbocycles. The van der Waals surface area contributed by atoms with Crippen LogP contribution in [0.2, 0.25) is 0 Å². The van der Waals surface area contributed by atoms with Crippen LogP contribution in [0, 0.1) is 5.82 Å². The molecule has 0 bridgehead atoms. The van der Waals surface area contributed by atoms with E-state index in [1.54, 1.807) is 19.2 Å². The van der Waals surface area contributed by atoms with Crippen LogP contribution in [0.4, 0.5) is 4.39 Å². The van der Waals surface area contributed by atoms with E-state index in [9.17, 15) is 9.18 Å². The maximum absolute atomic E-state index is 12.9. The van der Waals surface area contributed by atoms with Crippen LogP contribution in [-0.4, -0.2) is 18.2 Å². The van der Waals surface area contributed by atoms with Gasteiger partial charge < -0.3 is 14.6 Å². The van der Waals surface area contributed by atoms with Gasteiger partial charge in [-0.2, -0.15) is 0 Å². The first kappa shape index (κ1) is 15.7. The molecule has 1 heterocycles. The SMILES string of the molecule is COc1ccc(CNC(=O)c2cc(-c3ccc(F)cc3)on2)cc1. The second-order valence-corrected chi connectivity index (χ2v) is 5.11. The van der Waals surface area contributed by atoms with Crippen LogP contribution in [0.15, 0.2) is 59.1 Å². The van der Waals surface area contributed by atoms with Crippen LogP contribution in [-0.2, 0) is 6.54 Å². The van der Waals surface area contributed by atoms with Crippen LogP contribution >= 0.6 is 0 Å². The minimum absolute atomic E-state index is 0.169. The number of benzene rings is 2. The summed E-state index contributed by atoms with van der Waals surface area (Å²) < 4.78 is 23.2. The first-order valence-electron chi connectivity index (χ1n) is 7.29. The number of rotatable bonds is 5. The molecule has 1 aromatic heterocycles. The fourth-order valence-electron chi connectivity index (χ4n) is 2.15. The van der Waals surface area contributed by atoms with E-state index >= 15 is 0 Å². The van der Waals surface area contributed by atoms with Gasteiger partial charge in [0.15, 0.2) is 11.5 Å². The first-order chi connectivity index (χ1) is 11.7. The number of nitrogens with zero attached hydrogens (tertiary/aromatic N) is 1. The molecule has 0 fully saturated rings. The van der Waals surface area contributed by atoms with Gasteiger partial charge in [-0.3, -0.25) is 4.79 Å². The van der Waals surface area contributed by atoms with Crippen LogP contribution < -0.4 is 10.1 Å². The topological polar surface area (TPSA) is 64.4 Å². The lowest BCUT2D eigenvalue weighted by Gasteiger charge is -2.04. The number of hydrogen-bond acceptors (Lipinski definition) is 4. The highest BCUT2D eigenvalue weighted by atomic mass is 19.1. The predicted molar refractivity (Wildman–Crippen MR) is 86.1 cm³/mol. The number of carbonyl (C=O) groups excluding carboxylic acids is 1. The highest BCUT2D eigenvalue weighted by Crippen LogP contribution is 2.20. The molecule has 5 nitrogen and oxygen atoms in total. The summed E-state index contributed by atoms with van der Waals surface area (Å²) in [7, 11) is 1.60. The molecule has 0 saturated heterocycles. The Kier molecular flexibility index (Phi) is 4.56. The third kappa shape index (κ3) is 3.60. The molecule has 0 aliphatic carbocycles. The fourth-order valence-corrected chi connectivity index (χ4v) is 2.15. The molecular weight excluding hydrogens is 311 g/mol. The molecule has 3 aromatic rings. The monoisotopic (exact) mass is 326 g/mol. The molecule has 0 atom stereocenters. The van der Waals surface area contributed by atoms with Crippen molar-refractivity contribution >= 4 is 5.91 Å². The van der Waals surface area contributed by atoms with Crippen LogP contribution in [0.3, 0.4) is 0 Å². The lowest BCUT2D eigenvalue weighted by atomic mass is 10.1. The van der Waals surface area contributed by atoms with Crippen molar-refractivity contribution in [3.05, 3.63) is 71.7 Å². The molecule has 0 unspecified atom stereocenters. The summed E-state index contributed by atoms with van der Waals surface area (Å²) >= 11 is 0. The van der Waals surface area contributed by atoms with Gasteiger partial charge in [0.2, 0.25) is 0 Å². The minimum atomic E-state index is -0.345. The maximum atomic E-state index is 12.9. The van der Waals surface area contributed by atoms with Crippen molar-refractivity contribution in [2.45, 2.75) is 6.54 Å². The van der Waals surface area contributed by atoms with E-state index in [0.29, 0.717) is 17.9 Å². The molecule has 1 amide bonds. The van der Waals surface area contributed by atoms with Crippen molar-refractivity contribution < 1.29 is 18.4 Å². The molecule has 0 radical (unpaired) electrons. The molecule has 0 aliphatic rings. The fraction of sp³-hybridized carbons (Fsp3) is 0.111. The Balaban J connectivity index is 1.64. The summed E-state index contributed by atoms with van der Waals surface area (Å²) in [5.74, 6) is 0.480. The van der Waals surface area contributed by atoms with E-state index in [1.807, 2.05) is 24.3 Å². The number of aromatic nitrogens is 1. The Morgan fingerprint density at radius 3 is 2.54 bits per heavy atom. The molecular formula is C18H15FN2O3. The highest BCUT2D eigenvalue weighted by molar-refractivity contribution is 5.93. The van der Waals surface area contributed by atoms with Gasteiger partial charge in [-0.05, 0) is 42.0 Å². The van der Waals surface area contributed by atoms with Crippen molar-refractivity contribution in [2.75, 3.05) is 7.11 Å². The van der Waals surface area contributed by atoms with E-state index in [1.165, 1.54) is 18.2 Å². The summed E-state index contributed by atoms with van der Waals surface area (Å²) in [5.41, 5.74) is 1.76. The second-order valence-electron chi connectivity index (χ2n) is 5.11. The number of methoxy groups -OCH3 is 1. The van der Waals surface area contributed by atoms with Crippen LogP contribution in [0.25, 0.3) is 11.3 Å².